The van der Waals surface area contributed by atoms with Crippen LogP contribution in [0.1, 0.15) is 33.6 Å². The normalized spacial score (nSPS) is 23.3. The highest BCUT2D eigenvalue weighted by molar-refractivity contribution is 9.10. The Hall–Kier alpha value is -2.52. The lowest BCUT2D eigenvalue weighted by molar-refractivity contribution is -0.945. The van der Waals surface area contributed by atoms with Crippen molar-refractivity contribution in [1.82, 2.24) is 5.32 Å². The number of nitrogens with zero attached hydrogens (tertiary/aromatic N) is 1. The minimum atomic E-state index is -1.87. The van der Waals surface area contributed by atoms with Gasteiger partial charge in [0.05, 0.1) is 26.2 Å². The van der Waals surface area contributed by atoms with Crippen molar-refractivity contribution in [2.45, 2.75) is 24.5 Å². The molecule has 0 aliphatic carbocycles. The van der Waals surface area contributed by atoms with Crippen LogP contribution in [0.3, 0.4) is 0 Å². The van der Waals surface area contributed by atoms with Gasteiger partial charge < -0.3 is 19.6 Å². The van der Waals surface area contributed by atoms with E-state index in [2.05, 4.69) is 21.2 Å². The molecule has 3 fully saturated rings. The van der Waals surface area contributed by atoms with E-state index in [1.807, 2.05) is 47.8 Å². The van der Waals surface area contributed by atoms with Gasteiger partial charge in [0, 0.05) is 23.2 Å². The minimum absolute atomic E-state index is 0.0688. The van der Waals surface area contributed by atoms with Crippen molar-refractivity contribution in [3.05, 3.63) is 92.6 Å². The average Bonchev–Trinajstić information content (AvgIpc) is 3.35. The Bertz CT molecular complexity index is 1170. The third kappa shape index (κ3) is 4.87. The number of carbonyl (C=O) groups excluding carboxylic acids is 2. The fourth-order valence-corrected chi connectivity index (χ4v) is 7.06. The Morgan fingerprint density at radius 3 is 2.19 bits per heavy atom. The maximum absolute atomic E-state index is 13.6. The van der Waals surface area contributed by atoms with Crippen LogP contribution in [-0.2, 0) is 15.1 Å². The summed E-state index contributed by atoms with van der Waals surface area (Å²) >= 11 is 4.84. The van der Waals surface area contributed by atoms with Gasteiger partial charge in [-0.1, -0.05) is 60.7 Å². The quantitative estimate of drug-likeness (QED) is 0.313. The van der Waals surface area contributed by atoms with Gasteiger partial charge in [0.2, 0.25) is 5.60 Å². The summed E-state index contributed by atoms with van der Waals surface area (Å²) in [6.45, 7) is 4.08. The van der Waals surface area contributed by atoms with E-state index < -0.39 is 11.6 Å². The third-order valence-electron chi connectivity index (χ3n) is 7.67. The molecule has 2 aromatic carbocycles. The number of quaternary nitrogens is 1. The van der Waals surface area contributed by atoms with E-state index in [9.17, 15) is 14.7 Å². The lowest BCUT2D eigenvalue weighted by atomic mass is 9.82. The maximum atomic E-state index is 13.6. The molecule has 2 N–H and O–H groups in total. The number of hydrogen-bond donors (Lipinski definition) is 2. The number of nitrogens with one attached hydrogen (secondary N) is 1. The minimum Gasteiger partial charge on any atom is -0.453 e. The molecule has 0 unspecified atom stereocenters. The van der Waals surface area contributed by atoms with Crippen molar-refractivity contribution in [3.63, 3.8) is 0 Å². The standard InChI is InChI=1S/C28H29BrN2O4S/c29-23-13-18-36-25(23)26(32)30-14-17-31-15-11-20(12-16-31)24(19-31)35-27(33)28(34,21-7-3-1-4-8-21)22-9-5-2-6-10-22/h1-10,13,18,20,24,34H,11-12,14-17,19H2/p+1/t20?,24-,31?/m0/s1. The number of carbonyl (C=O) groups is 2. The lowest BCUT2D eigenvalue weighted by Gasteiger charge is -2.52. The monoisotopic (exact) mass is 569 g/mol. The molecule has 3 saturated heterocycles. The first kappa shape index (κ1) is 25.1. The van der Waals surface area contributed by atoms with Gasteiger partial charge in [-0.2, -0.15) is 0 Å². The van der Waals surface area contributed by atoms with Crippen LogP contribution in [0.25, 0.3) is 0 Å². The van der Waals surface area contributed by atoms with E-state index in [1.54, 1.807) is 24.3 Å². The Kier molecular flexibility index (Phi) is 7.30. The van der Waals surface area contributed by atoms with Crippen LogP contribution < -0.4 is 5.32 Å². The summed E-state index contributed by atoms with van der Waals surface area (Å²) in [5, 5.41) is 16.7. The number of esters is 1. The van der Waals surface area contributed by atoms with E-state index in [1.165, 1.54) is 11.3 Å². The van der Waals surface area contributed by atoms with E-state index in [-0.39, 0.29) is 12.0 Å². The summed E-state index contributed by atoms with van der Waals surface area (Å²) in [7, 11) is 0. The molecule has 2 bridgehead atoms. The van der Waals surface area contributed by atoms with Gasteiger partial charge in [0.1, 0.15) is 11.4 Å². The van der Waals surface area contributed by atoms with E-state index in [0.717, 1.165) is 41.4 Å². The number of piperidine rings is 3. The number of ether oxygens (including phenoxy) is 1. The molecular formula is C28H30BrN2O4S+. The Balaban J connectivity index is 1.28. The van der Waals surface area contributed by atoms with Crippen LogP contribution in [0.5, 0.6) is 0 Å². The second-order valence-electron chi connectivity index (χ2n) is 9.77. The molecule has 3 aromatic rings. The van der Waals surface area contributed by atoms with Crippen molar-refractivity contribution >= 4 is 39.1 Å². The molecule has 6 nitrogen and oxygen atoms in total. The summed E-state index contributed by atoms with van der Waals surface area (Å²) in [5.74, 6) is -0.408. The third-order valence-corrected chi connectivity index (χ3v) is 9.51. The van der Waals surface area contributed by atoms with Gasteiger partial charge in [0.25, 0.3) is 5.91 Å². The zero-order valence-corrected chi connectivity index (χ0v) is 22.3. The summed E-state index contributed by atoms with van der Waals surface area (Å²) in [6, 6.07) is 19.9. The highest BCUT2D eigenvalue weighted by atomic mass is 79.9. The Labute approximate surface area is 223 Å². The highest BCUT2D eigenvalue weighted by Gasteiger charge is 2.50. The molecule has 1 atom stereocenters. The first-order valence-electron chi connectivity index (χ1n) is 12.3. The van der Waals surface area contributed by atoms with Crippen LogP contribution in [0.4, 0.5) is 0 Å². The van der Waals surface area contributed by atoms with Crippen LogP contribution in [0.15, 0.2) is 76.6 Å². The predicted octanol–water partition coefficient (Wildman–Crippen LogP) is 4.33. The number of halogens is 1. The maximum Gasteiger partial charge on any atom is 0.348 e. The molecule has 0 radical (unpaired) electrons. The predicted molar refractivity (Wildman–Crippen MR) is 143 cm³/mol. The van der Waals surface area contributed by atoms with Crippen LogP contribution in [-0.4, -0.2) is 60.3 Å². The SMILES string of the molecule is O=C(NCC[N+]12CCC(CC1)[C@@H](OC(=O)C(O)(c1ccccc1)c1ccccc1)C2)c1sccc1Br. The second kappa shape index (κ2) is 10.5. The number of hydrogen-bond acceptors (Lipinski definition) is 5. The van der Waals surface area contributed by atoms with Crippen molar-refractivity contribution in [2.24, 2.45) is 5.92 Å². The van der Waals surface area contributed by atoms with E-state index in [4.69, 9.17) is 4.74 Å². The fourth-order valence-electron chi connectivity index (χ4n) is 5.60. The van der Waals surface area contributed by atoms with Crippen molar-refractivity contribution in [2.75, 3.05) is 32.7 Å². The van der Waals surface area contributed by atoms with Gasteiger partial charge in [-0.3, -0.25) is 4.79 Å². The summed E-state index contributed by atoms with van der Waals surface area (Å²) < 4.78 is 7.76. The van der Waals surface area contributed by atoms with Crippen LogP contribution >= 0.6 is 27.3 Å². The zero-order valence-electron chi connectivity index (χ0n) is 19.9. The molecule has 188 valence electrons. The molecule has 36 heavy (non-hydrogen) atoms. The van der Waals surface area contributed by atoms with E-state index >= 15 is 0 Å². The van der Waals surface area contributed by atoms with Crippen LogP contribution in [0, 0.1) is 5.92 Å². The molecule has 6 rings (SSSR count). The van der Waals surface area contributed by atoms with Crippen LogP contribution in [0.2, 0.25) is 0 Å². The second-order valence-corrected chi connectivity index (χ2v) is 11.5. The molecule has 3 aliphatic rings. The van der Waals surface area contributed by atoms with Crippen molar-refractivity contribution in [3.8, 4) is 0 Å². The summed E-state index contributed by atoms with van der Waals surface area (Å²) in [6.07, 6.45) is 1.68. The number of amides is 1. The molecule has 1 amide bonds. The largest absolute Gasteiger partial charge is 0.453 e. The number of thiophene rings is 1. The van der Waals surface area contributed by atoms with Gasteiger partial charge in [0.15, 0.2) is 6.10 Å². The average molecular weight is 571 g/mol. The molecule has 3 aliphatic heterocycles. The van der Waals surface area contributed by atoms with Crippen molar-refractivity contribution < 1.29 is 23.9 Å². The number of rotatable bonds is 8. The fraction of sp³-hybridized carbons (Fsp3) is 0.357. The first-order chi connectivity index (χ1) is 17.4. The first-order valence-corrected chi connectivity index (χ1v) is 14.0. The van der Waals surface area contributed by atoms with Gasteiger partial charge in [-0.25, -0.2) is 4.79 Å². The Morgan fingerprint density at radius 2 is 1.64 bits per heavy atom. The number of fused-ring (bicyclic) bond motifs is 3. The van der Waals surface area contributed by atoms with Gasteiger partial charge >= 0.3 is 5.97 Å². The number of benzene rings is 2. The summed E-state index contributed by atoms with van der Waals surface area (Å²) in [4.78, 5) is 26.8. The molecule has 8 heteroatoms. The molecule has 0 spiro atoms. The summed E-state index contributed by atoms with van der Waals surface area (Å²) in [5.41, 5.74) is -0.885. The van der Waals surface area contributed by atoms with E-state index in [0.29, 0.717) is 35.0 Å². The molecule has 1 aromatic heterocycles. The topological polar surface area (TPSA) is 75.6 Å². The van der Waals surface area contributed by atoms with Gasteiger partial charge in [-0.15, -0.1) is 11.3 Å². The molecular weight excluding hydrogens is 540 g/mol. The smallest absolute Gasteiger partial charge is 0.348 e. The molecule has 0 saturated carbocycles. The van der Waals surface area contributed by atoms with Crippen molar-refractivity contribution in [1.29, 1.82) is 0 Å². The highest BCUT2D eigenvalue weighted by Crippen LogP contribution is 2.38. The Morgan fingerprint density at radius 1 is 1.03 bits per heavy atom. The zero-order chi connectivity index (χ0) is 25.2. The lowest BCUT2D eigenvalue weighted by Crippen LogP contribution is -2.66. The molecule has 4 heterocycles. The number of aliphatic hydroxyl groups is 1. The van der Waals surface area contributed by atoms with Gasteiger partial charge in [-0.05, 0) is 38.5 Å².